The average Bonchev–Trinajstić information content (AvgIpc) is 2.73. The lowest BCUT2D eigenvalue weighted by Gasteiger charge is -2.38. The number of carbonyl (C=O) groups excluding carboxylic acids is 2. The van der Waals surface area contributed by atoms with Gasteiger partial charge >= 0.3 is 12.3 Å². The van der Waals surface area contributed by atoms with Gasteiger partial charge in [0.05, 0.1) is 30.7 Å². The molecule has 178 valence electrons. The van der Waals surface area contributed by atoms with Crippen LogP contribution in [0.4, 0.5) is 18.0 Å². The van der Waals surface area contributed by atoms with Gasteiger partial charge in [0.25, 0.3) is 0 Å². The molecule has 1 saturated heterocycles. The topological polar surface area (TPSA) is 55.8 Å². The molecular weight excluding hydrogens is 435 g/mol. The molecule has 5 nitrogen and oxygen atoms in total. The predicted octanol–water partition coefficient (Wildman–Crippen LogP) is 5.93. The molecule has 1 fully saturated rings. The van der Waals surface area contributed by atoms with Crippen LogP contribution in [0.1, 0.15) is 56.2 Å². The summed E-state index contributed by atoms with van der Waals surface area (Å²) >= 11 is 0. The minimum absolute atomic E-state index is 0.139. The minimum Gasteiger partial charge on any atom is -0.443 e. The Hall–Kier alpha value is -2.87. The highest BCUT2D eigenvalue weighted by molar-refractivity contribution is 5.97. The lowest BCUT2D eigenvalue weighted by atomic mass is 9.86. The van der Waals surface area contributed by atoms with E-state index >= 15 is 0 Å². The van der Waals surface area contributed by atoms with Gasteiger partial charge in [0.1, 0.15) is 5.60 Å². The van der Waals surface area contributed by atoms with Gasteiger partial charge in [0.2, 0.25) is 5.91 Å². The summed E-state index contributed by atoms with van der Waals surface area (Å²) in [6, 6.07) is 13.5. The van der Waals surface area contributed by atoms with Crippen LogP contribution in [0.2, 0.25) is 0 Å². The van der Waals surface area contributed by atoms with Crippen molar-refractivity contribution in [2.75, 3.05) is 6.61 Å². The number of likely N-dealkylation sites (tertiary alicyclic amines) is 1. The third-order valence-electron chi connectivity index (χ3n) is 5.34. The van der Waals surface area contributed by atoms with Crippen molar-refractivity contribution in [3.63, 3.8) is 0 Å². The smallest absolute Gasteiger partial charge is 0.417 e. The molecule has 0 bridgehead atoms. The third kappa shape index (κ3) is 6.57. The van der Waals surface area contributed by atoms with E-state index < -0.39 is 41.3 Å². The Kier molecular flexibility index (Phi) is 7.47. The number of halogens is 3. The molecule has 3 rings (SSSR count). The fourth-order valence-electron chi connectivity index (χ4n) is 3.77. The summed E-state index contributed by atoms with van der Waals surface area (Å²) in [7, 11) is 0. The molecule has 0 N–H and O–H groups in total. The van der Waals surface area contributed by atoms with Crippen LogP contribution in [-0.2, 0) is 27.1 Å². The Labute approximate surface area is 191 Å². The molecule has 0 saturated carbocycles. The van der Waals surface area contributed by atoms with Crippen molar-refractivity contribution in [3.05, 3.63) is 71.3 Å². The molecule has 33 heavy (non-hydrogen) atoms. The number of benzene rings is 2. The SMILES string of the molecule is CC(C)(C)OC(=O)N1C(=O)C(c2ccc(C(F)(F)F)cc2)CC[C@H]1COCc1ccccc1. The van der Waals surface area contributed by atoms with E-state index in [0.29, 0.717) is 25.0 Å². The first-order valence-electron chi connectivity index (χ1n) is 10.8. The first kappa shape index (κ1) is 24.8. The van der Waals surface area contributed by atoms with Gasteiger partial charge < -0.3 is 9.47 Å². The van der Waals surface area contributed by atoms with Gasteiger partial charge in [-0.25, -0.2) is 9.69 Å². The lowest BCUT2D eigenvalue weighted by Crippen LogP contribution is -2.53. The predicted molar refractivity (Wildman–Crippen MR) is 116 cm³/mol. The fraction of sp³-hybridized carbons (Fsp3) is 0.440. The first-order chi connectivity index (χ1) is 15.5. The van der Waals surface area contributed by atoms with E-state index in [1.807, 2.05) is 30.3 Å². The van der Waals surface area contributed by atoms with E-state index in [9.17, 15) is 22.8 Å². The summed E-state index contributed by atoms with van der Waals surface area (Å²) in [5.74, 6) is -1.23. The lowest BCUT2D eigenvalue weighted by molar-refractivity contribution is -0.139. The average molecular weight is 463 g/mol. The van der Waals surface area contributed by atoms with E-state index in [0.717, 1.165) is 22.6 Å². The Morgan fingerprint density at radius 3 is 2.21 bits per heavy atom. The quantitative estimate of drug-likeness (QED) is 0.551. The Morgan fingerprint density at radius 1 is 1.00 bits per heavy atom. The summed E-state index contributed by atoms with van der Waals surface area (Å²) < 4.78 is 50.0. The van der Waals surface area contributed by atoms with Crippen LogP contribution in [0.3, 0.4) is 0 Å². The van der Waals surface area contributed by atoms with Crippen molar-refractivity contribution in [2.45, 2.75) is 64.0 Å². The molecule has 0 aromatic heterocycles. The zero-order valence-electron chi connectivity index (χ0n) is 18.9. The summed E-state index contributed by atoms with van der Waals surface area (Å²) in [4.78, 5) is 27.3. The van der Waals surface area contributed by atoms with Crippen molar-refractivity contribution in [1.82, 2.24) is 4.90 Å². The van der Waals surface area contributed by atoms with Gasteiger partial charge in [-0.1, -0.05) is 42.5 Å². The standard InChI is InChI=1S/C25H28F3NO4/c1-24(2,3)33-23(31)29-20(16-32-15-17-7-5-4-6-8-17)13-14-21(22(29)30)18-9-11-19(12-10-18)25(26,27)28/h4-12,20-21H,13-16H2,1-3H3/t20-,21?/m0/s1. The van der Waals surface area contributed by atoms with Gasteiger partial charge in [-0.3, -0.25) is 4.79 Å². The highest BCUT2D eigenvalue weighted by atomic mass is 19.4. The molecule has 2 amide bonds. The van der Waals surface area contributed by atoms with E-state index in [2.05, 4.69) is 0 Å². The highest BCUT2D eigenvalue weighted by Crippen LogP contribution is 2.35. The number of nitrogens with zero attached hydrogens (tertiary/aromatic N) is 1. The molecule has 8 heteroatoms. The number of amides is 2. The second-order valence-electron chi connectivity index (χ2n) is 9.09. The van der Waals surface area contributed by atoms with Crippen LogP contribution in [0.5, 0.6) is 0 Å². The Bertz CT molecular complexity index is 952. The molecule has 1 unspecified atom stereocenters. The maximum Gasteiger partial charge on any atom is 0.417 e. The first-order valence-corrected chi connectivity index (χ1v) is 10.8. The number of hydrogen-bond acceptors (Lipinski definition) is 4. The van der Waals surface area contributed by atoms with Crippen molar-refractivity contribution in [2.24, 2.45) is 0 Å². The molecule has 1 heterocycles. The van der Waals surface area contributed by atoms with Gasteiger partial charge in [-0.15, -0.1) is 0 Å². The van der Waals surface area contributed by atoms with Crippen LogP contribution >= 0.6 is 0 Å². The zero-order chi connectivity index (χ0) is 24.2. The number of rotatable bonds is 5. The largest absolute Gasteiger partial charge is 0.443 e. The van der Waals surface area contributed by atoms with Gasteiger partial charge in [-0.05, 0) is 56.9 Å². The van der Waals surface area contributed by atoms with E-state index in [1.54, 1.807) is 20.8 Å². The van der Waals surface area contributed by atoms with Crippen LogP contribution in [0, 0.1) is 0 Å². The van der Waals surface area contributed by atoms with Crippen LogP contribution in [-0.4, -0.2) is 35.2 Å². The second-order valence-corrected chi connectivity index (χ2v) is 9.09. The van der Waals surface area contributed by atoms with Crippen LogP contribution in [0.25, 0.3) is 0 Å². The van der Waals surface area contributed by atoms with Gasteiger partial charge in [-0.2, -0.15) is 13.2 Å². The van der Waals surface area contributed by atoms with Crippen molar-refractivity contribution in [1.29, 1.82) is 0 Å². The molecule has 0 spiro atoms. The molecule has 2 aromatic rings. The molecule has 0 radical (unpaired) electrons. The Morgan fingerprint density at radius 2 is 1.64 bits per heavy atom. The zero-order valence-corrected chi connectivity index (χ0v) is 18.9. The number of imide groups is 1. The summed E-state index contributed by atoms with van der Waals surface area (Å²) in [6.45, 7) is 5.57. The monoisotopic (exact) mass is 463 g/mol. The highest BCUT2D eigenvalue weighted by Gasteiger charge is 2.42. The van der Waals surface area contributed by atoms with Crippen molar-refractivity contribution < 1.29 is 32.2 Å². The second kappa shape index (κ2) is 9.95. The fourth-order valence-corrected chi connectivity index (χ4v) is 3.77. The van der Waals surface area contributed by atoms with Gasteiger partial charge in [0.15, 0.2) is 0 Å². The summed E-state index contributed by atoms with van der Waals surface area (Å²) in [6.07, 6.45) is -4.40. The molecule has 2 atom stereocenters. The van der Waals surface area contributed by atoms with E-state index in [4.69, 9.17) is 9.47 Å². The van der Waals surface area contributed by atoms with E-state index in [1.165, 1.54) is 12.1 Å². The Balaban J connectivity index is 1.77. The van der Waals surface area contributed by atoms with Crippen molar-refractivity contribution >= 4 is 12.0 Å². The maximum absolute atomic E-state index is 13.3. The number of piperidine rings is 1. The normalized spacial score (nSPS) is 19.5. The van der Waals surface area contributed by atoms with E-state index in [-0.39, 0.29) is 6.61 Å². The van der Waals surface area contributed by atoms with Crippen molar-refractivity contribution in [3.8, 4) is 0 Å². The molecule has 0 aliphatic carbocycles. The number of ether oxygens (including phenoxy) is 2. The molecule has 1 aliphatic rings. The molecule has 1 aliphatic heterocycles. The maximum atomic E-state index is 13.3. The third-order valence-corrected chi connectivity index (χ3v) is 5.34. The number of hydrogen-bond donors (Lipinski definition) is 0. The van der Waals surface area contributed by atoms with Crippen LogP contribution in [0.15, 0.2) is 54.6 Å². The number of alkyl halides is 3. The summed E-state index contributed by atoms with van der Waals surface area (Å²) in [5, 5.41) is 0. The number of carbonyl (C=O) groups is 2. The minimum atomic E-state index is -4.46. The molecular formula is C25H28F3NO4. The molecule has 2 aromatic carbocycles. The van der Waals surface area contributed by atoms with Gasteiger partial charge in [0, 0.05) is 0 Å². The summed E-state index contributed by atoms with van der Waals surface area (Å²) in [5.41, 5.74) is -0.198. The van der Waals surface area contributed by atoms with Crippen LogP contribution < -0.4 is 0 Å².